The summed E-state index contributed by atoms with van der Waals surface area (Å²) in [5.41, 5.74) is 0. The van der Waals surface area contributed by atoms with Crippen LogP contribution in [0, 0.1) is 0 Å². The van der Waals surface area contributed by atoms with Crippen LogP contribution in [0.5, 0.6) is 0 Å². The molecule has 1 unspecified atom stereocenters. The van der Waals surface area contributed by atoms with Gasteiger partial charge in [-0.05, 0) is 83.8 Å². The molecule has 0 rings (SSSR count). The molecule has 0 aliphatic carbocycles. The number of amidine groups is 1. The van der Waals surface area contributed by atoms with Gasteiger partial charge in [0.05, 0.1) is 6.61 Å². The molecule has 9 heteroatoms. The summed E-state index contributed by atoms with van der Waals surface area (Å²) >= 11 is 0. The van der Waals surface area contributed by atoms with Gasteiger partial charge < -0.3 is 24.5 Å². The number of hydrogen-bond acceptors (Lipinski definition) is 8. The number of aliphatic imine (C=N–C) groups is 1. The van der Waals surface area contributed by atoms with Gasteiger partial charge in [-0.2, -0.15) is 0 Å². The van der Waals surface area contributed by atoms with E-state index in [1.54, 1.807) is 0 Å². The lowest BCUT2D eigenvalue weighted by Gasteiger charge is -2.22. The first kappa shape index (κ1) is 49.8. The summed E-state index contributed by atoms with van der Waals surface area (Å²) in [6.07, 6.45) is 32.2. The number of nitrogens with zero attached hydrogens (tertiary/aromatic N) is 4. The van der Waals surface area contributed by atoms with Crippen LogP contribution in [0.25, 0.3) is 0 Å². The second-order valence-corrected chi connectivity index (χ2v) is 15.1. The molecule has 0 saturated carbocycles. The first-order valence-electron chi connectivity index (χ1n) is 21.8. The minimum absolute atomic E-state index is 0.00283. The zero-order valence-corrected chi connectivity index (χ0v) is 34.9. The molecule has 0 aromatic rings. The van der Waals surface area contributed by atoms with E-state index in [9.17, 15) is 9.59 Å². The van der Waals surface area contributed by atoms with Crippen LogP contribution in [-0.4, -0.2) is 92.0 Å². The summed E-state index contributed by atoms with van der Waals surface area (Å²) in [6, 6.07) is 0. The van der Waals surface area contributed by atoms with Gasteiger partial charge >= 0.3 is 11.9 Å². The van der Waals surface area contributed by atoms with E-state index in [2.05, 4.69) is 35.8 Å². The lowest BCUT2D eigenvalue weighted by molar-refractivity contribution is -0.150. The summed E-state index contributed by atoms with van der Waals surface area (Å²) in [6.45, 7) is 11.1. The molecule has 0 bridgehead atoms. The number of hydrogen-bond donors (Lipinski definition) is 1. The Bertz CT molecular complexity index is 866. The quantitative estimate of drug-likeness (QED) is 0.0168. The highest BCUT2D eigenvalue weighted by Gasteiger charge is 2.14. The maximum Gasteiger partial charge on any atom is 0.306 e. The standard InChI is InChI=1S/C43H84N4O5/c1-6-9-12-14-21-28-38-51-42(48)32-24-17-15-19-26-35-47(37-29-34-44-41(39-45-50)46(4)5)36-27-20-16-18-25-33-43(49)52-40(30-22-11-8-3)31-23-13-10-7-2/h39-40,50H,6-38H2,1-5H3/b44-41?,45-39-. The fourth-order valence-corrected chi connectivity index (χ4v) is 6.51. The Morgan fingerprint density at radius 1 is 0.596 bits per heavy atom. The molecule has 1 atom stereocenters. The Labute approximate surface area is 321 Å². The van der Waals surface area contributed by atoms with Crippen molar-refractivity contribution in [2.45, 2.75) is 207 Å². The van der Waals surface area contributed by atoms with Crippen molar-refractivity contribution in [3.63, 3.8) is 0 Å². The van der Waals surface area contributed by atoms with Crippen molar-refractivity contribution in [2.24, 2.45) is 10.1 Å². The first-order valence-corrected chi connectivity index (χ1v) is 21.8. The molecule has 0 aliphatic rings. The van der Waals surface area contributed by atoms with Gasteiger partial charge in [-0.1, -0.05) is 129 Å². The first-order chi connectivity index (χ1) is 25.4. The van der Waals surface area contributed by atoms with E-state index in [4.69, 9.17) is 14.7 Å². The number of ether oxygens (including phenoxy) is 2. The van der Waals surface area contributed by atoms with Crippen molar-refractivity contribution in [2.75, 3.05) is 46.9 Å². The van der Waals surface area contributed by atoms with Gasteiger partial charge in [-0.15, -0.1) is 0 Å². The van der Waals surface area contributed by atoms with E-state index in [0.29, 0.717) is 31.8 Å². The van der Waals surface area contributed by atoms with Crippen LogP contribution in [0.15, 0.2) is 10.1 Å². The Balaban J connectivity index is 4.43. The van der Waals surface area contributed by atoms with E-state index in [1.807, 2.05) is 19.0 Å². The van der Waals surface area contributed by atoms with Crippen molar-refractivity contribution in [3.8, 4) is 0 Å². The molecule has 9 nitrogen and oxygen atoms in total. The molecule has 0 fully saturated rings. The van der Waals surface area contributed by atoms with Gasteiger partial charge in [0.1, 0.15) is 18.2 Å². The van der Waals surface area contributed by atoms with Crippen LogP contribution < -0.4 is 0 Å². The van der Waals surface area contributed by atoms with Crippen molar-refractivity contribution in [1.82, 2.24) is 9.80 Å². The van der Waals surface area contributed by atoms with Gasteiger partial charge in [0, 0.05) is 33.5 Å². The topological polar surface area (TPSA) is 104 Å². The maximum atomic E-state index is 12.6. The number of esters is 2. The van der Waals surface area contributed by atoms with E-state index < -0.39 is 0 Å². The van der Waals surface area contributed by atoms with Gasteiger partial charge in [0.25, 0.3) is 0 Å². The molecule has 306 valence electrons. The number of oxime groups is 1. The van der Waals surface area contributed by atoms with Crippen molar-refractivity contribution >= 4 is 24.0 Å². The molecule has 0 saturated heterocycles. The second-order valence-electron chi connectivity index (χ2n) is 15.1. The van der Waals surface area contributed by atoms with Crippen LogP contribution in [0.2, 0.25) is 0 Å². The number of rotatable bonds is 38. The second kappa shape index (κ2) is 38.6. The van der Waals surface area contributed by atoms with Gasteiger partial charge in [0.2, 0.25) is 0 Å². The van der Waals surface area contributed by atoms with Crippen LogP contribution in [0.3, 0.4) is 0 Å². The highest BCUT2D eigenvalue weighted by atomic mass is 16.5. The number of unbranched alkanes of at least 4 members (excludes halogenated alkanes) is 18. The van der Waals surface area contributed by atoms with E-state index >= 15 is 0 Å². The average Bonchev–Trinajstić information content (AvgIpc) is 3.12. The third-order valence-corrected chi connectivity index (χ3v) is 9.82. The van der Waals surface area contributed by atoms with Gasteiger partial charge in [-0.25, -0.2) is 0 Å². The average molecular weight is 737 g/mol. The molecule has 0 heterocycles. The van der Waals surface area contributed by atoms with Crippen molar-refractivity contribution in [3.05, 3.63) is 0 Å². The molecule has 1 N–H and O–H groups in total. The van der Waals surface area contributed by atoms with E-state index in [0.717, 1.165) is 116 Å². The molecule has 0 aromatic heterocycles. The summed E-state index contributed by atoms with van der Waals surface area (Å²) in [4.78, 5) is 33.7. The third-order valence-electron chi connectivity index (χ3n) is 9.82. The summed E-state index contributed by atoms with van der Waals surface area (Å²) in [7, 11) is 3.80. The summed E-state index contributed by atoms with van der Waals surface area (Å²) < 4.78 is 11.4. The molecular weight excluding hydrogens is 652 g/mol. The molecule has 0 radical (unpaired) electrons. The number of carbonyl (C=O) groups excluding carboxylic acids is 2. The minimum Gasteiger partial charge on any atom is -0.466 e. The lowest BCUT2D eigenvalue weighted by atomic mass is 10.0. The smallest absolute Gasteiger partial charge is 0.306 e. The van der Waals surface area contributed by atoms with Crippen LogP contribution in [0.1, 0.15) is 201 Å². The SMILES string of the molecule is CCCCCCCCOC(=O)CCCCCCCN(CCCCCCCC(=O)OC(CCCCC)CCCCCC)CCCN=C(/C=N\O)N(C)C. The molecule has 0 spiro atoms. The summed E-state index contributed by atoms with van der Waals surface area (Å²) in [5, 5.41) is 12.1. The summed E-state index contributed by atoms with van der Waals surface area (Å²) in [5.74, 6) is 0.629. The lowest BCUT2D eigenvalue weighted by Crippen LogP contribution is -2.28. The highest BCUT2D eigenvalue weighted by molar-refractivity contribution is 6.28. The molecule has 52 heavy (non-hydrogen) atoms. The third kappa shape index (κ3) is 33.7. The molecule has 0 aliphatic heterocycles. The predicted molar refractivity (Wildman–Crippen MR) is 220 cm³/mol. The fraction of sp³-hybridized carbons (Fsp3) is 0.907. The van der Waals surface area contributed by atoms with Crippen LogP contribution in [-0.2, 0) is 19.1 Å². The Morgan fingerprint density at radius 2 is 1.06 bits per heavy atom. The highest BCUT2D eigenvalue weighted by Crippen LogP contribution is 2.17. The Hall–Kier alpha value is -2.16. The largest absolute Gasteiger partial charge is 0.466 e. The maximum absolute atomic E-state index is 12.6. The fourth-order valence-electron chi connectivity index (χ4n) is 6.51. The molecular formula is C43H84N4O5. The van der Waals surface area contributed by atoms with E-state index in [1.165, 1.54) is 76.8 Å². The Morgan fingerprint density at radius 3 is 1.63 bits per heavy atom. The Kier molecular flexibility index (Phi) is 37.0. The normalized spacial score (nSPS) is 12.5. The zero-order valence-electron chi connectivity index (χ0n) is 34.9. The van der Waals surface area contributed by atoms with Gasteiger partial charge in [0.15, 0.2) is 0 Å². The molecule has 0 aromatic carbocycles. The molecule has 0 amide bonds. The predicted octanol–water partition coefficient (Wildman–Crippen LogP) is 11.1. The monoisotopic (exact) mass is 737 g/mol. The van der Waals surface area contributed by atoms with Gasteiger partial charge in [-0.3, -0.25) is 14.6 Å². The number of carbonyl (C=O) groups is 2. The van der Waals surface area contributed by atoms with Crippen molar-refractivity contribution in [1.29, 1.82) is 0 Å². The minimum atomic E-state index is -0.0374. The zero-order chi connectivity index (χ0) is 38.3. The van der Waals surface area contributed by atoms with E-state index in [-0.39, 0.29) is 18.0 Å². The van der Waals surface area contributed by atoms with Crippen LogP contribution >= 0.6 is 0 Å². The van der Waals surface area contributed by atoms with Crippen molar-refractivity contribution < 1.29 is 24.3 Å². The van der Waals surface area contributed by atoms with Crippen LogP contribution in [0.4, 0.5) is 0 Å².